The van der Waals surface area contributed by atoms with Gasteiger partial charge in [0.2, 0.25) is 11.8 Å². The summed E-state index contributed by atoms with van der Waals surface area (Å²) in [4.78, 5) is 30.5. The Bertz CT molecular complexity index is 947. The molecule has 2 aromatic carbocycles. The molecule has 184 valence electrons. The second kappa shape index (κ2) is 12.0. The fourth-order valence-corrected chi connectivity index (χ4v) is 5.03. The van der Waals surface area contributed by atoms with Crippen molar-refractivity contribution in [1.82, 2.24) is 4.90 Å². The van der Waals surface area contributed by atoms with Crippen LogP contribution in [0.15, 0.2) is 48.5 Å². The van der Waals surface area contributed by atoms with Gasteiger partial charge in [0.15, 0.2) is 0 Å². The van der Waals surface area contributed by atoms with E-state index in [-0.39, 0.29) is 29.7 Å². The Labute approximate surface area is 205 Å². The molecule has 0 unspecified atom stereocenters. The summed E-state index contributed by atoms with van der Waals surface area (Å²) in [6.45, 7) is 6.77. The quantitative estimate of drug-likeness (QED) is 0.443. The Balaban J connectivity index is 1.93. The Morgan fingerprint density at radius 2 is 1.65 bits per heavy atom. The average molecular weight is 464 g/mol. The first kappa shape index (κ1) is 25.8. The smallest absolute Gasteiger partial charge is 0.227 e. The van der Waals surface area contributed by atoms with E-state index in [9.17, 15) is 9.59 Å². The molecule has 1 atom stereocenters. The first-order valence-corrected chi connectivity index (χ1v) is 12.8. The van der Waals surface area contributed by atoms with E-state index in [1.807, 2.05) is 55.4 Å². The van der Waals surface area contributed by atoms with E-state index < -0.39 is 0 Å². The molecule has 0 bridgehead atoms. The molecule has 0 saturated heterocycles. The molecule has 2 amide bonds. The van der Waals surface area contributed by atoms with Gasteiger partial charge < -0.3 is 15.1 Å². The summed E-state index contributed by atoms with van der Waals surface area (Å²) in [6.07, 6.45) is 5.86. The largest absolute Gasteiger partial charge is 0.377 e. The zero-order chi connectivity index (χ0) is 24.7. The zero-order valence-electron chi connectivity index (χ0n) is 21.5. The van der Waals surface area contributed by atoms with Crippen LogP contribution in [0.1, 0.15) is 76.5 Å². The van der Waals surface area contributed by atoms with E-state index in [2.05, 4.69) is 43.1 Å². The number of nitrogens with zero attached hydrogens (tertiary/aromatic N) is 2. The minimum absolute atomic E-state index is 0.000722. The number of hydrogen-bond acceptors (Lipinski definition) is 3. The Hall–Kier alpha value is -2.82. The lowest BCUT2D eigenvalue weighted by Crippen LogP contribution is -2.37. The average Bonchev–Trinajstić information content (AvgIpc) is 3.38. The standard InChI is InChI=1S/C29H41N3O2/c1-6-22(7-2)29(34)32(21(3)23-13-9-8-10-14-23)20-25-19-26(17-18-27(25)31(4)5)30-28(33)24-15-11-12-16-24/h8-10,13-14,17-19,21-22,24H,6-7,11-12,15-16,20H2,1-5H3,(H,30,33)/t21-/m1/s1. The maximum Gasteiger partial charge on any atom is 0.227 e. The fourth-order valence-electron chi connectivity index (χ4n) is 5.03. The van der Waals surface area contributed by atoms with Crippen LogP contribution in [0, 0.1) is 11.8 Å². The number of carbonyl (C=O) groups is 2. The van der Waals surface area contributed by atoms with Crippen LogP contribution in [0.3, 0.4) is 0 Å². The molecule has 0 aliphatic heterocycles. The number of carbonyl (C=O) groups excluding carboxylic acids is 2. The van der Waals surface area contributed by atoms with Crippen molar-refractivity contribution in [1.29, 1.82) is 0 Å². The third kappa shape index (κ3) is 6.19. The number of anilines is 2. The SMILES string of the molecule is CCC(CC)C(=O)N(Cc1cc(NC(=O)C2CCCC2)ccc1N(C)C)[C@H](C)c1ccccc1. The first-order chi connectivity index (χ1) is 16.3. The molecule has 0 heterocycles. The molecule has 3 rings (SSSR count). The van der Waals surface area contributed by atoms with Crippen molar-refractivity contribution in [2.24, 2.45) is 11.8 Å². The predicted molar refractivity (Wildman–Crippen MR) is 141 cm³/mol. The van der Waals surface area contributed by atoms with Gasteiger partial charge >= 0.3 is 0 Å². The van der Waals surface area contributed by atoms with Gasteiger partial charge in [-0.15, -0.1) is 0 Å². The highest BCUT2D eigenvalue weighted by Gasteiger charge is 2.28. The van der Waals surface area contributed by atoms with Crippen LogP contribution in [0.4, 0.5) is 11.4 Å². The van der Waals surface area contributed by atoms with Gasteiger partial charge in [0.1, 0.15) is 0 Å². The number of amides is 2. The highest BCUT2D eigenvalue weighted by atomic mass is 16.2. The van der Waals surface area contributed by atoms with Gasteiger partial charge in [-0.25, -0.2) is 0 Å². The minimum atomic E-state index is -0.0546. The van der Waals surface area contributed by atoms with Gasteiger partial charge in [-0.2, -0.15) is 0 Å². The van der Waals surface area contributed by atoms with Crippen LogP contribution in [0.2, 0.25) is 0 Å². The van der Waals surface area contributed by atoms with Gasteiger partial charge in [0.25, 0.3) is 0 Å². The third-order valence-electron chi connectivity index (χ3n) is 7.26. The van der Waals surface area contributed by atoms with Gasteiger partial charge in [-0.1, -0.05) is 57.0 Å². The van der Waals surface area contributed by atoms with Crippen molar-refractivity contribution in [3.8, 4) is 0 Å². The molecule has 1 N–H and O–H groups in total. The van der Waals surface area contributed by atoms with Crippen molar-refractivity contribution in [2.75, 3.05) is 24.3 Å². The van der Waals surface area contributed by atoms with Crippen LogP contribution in [0.5, 0.6) is 0 Å². The zero-order valence-corrected chi connectivity index (χ0v) is 21.5. The van der Waals surface area contributed by atoms with Crippen LogP contribution in [-0.2, 0) is 16.1 Å². The van der Waals surface area contributed by atoms with E-state index in [1.165, 1.54) is 0 Å². The van der Waals surface area contributed by atoms with Gasteiger partial charge in [0, 0.05) is 43.9 Å². The first-order valence-electron chi connectivity index (χ1n) is 12.8. The van der Waals surface area contributed by atoms with Crippen molar-refractivity contribution in [3.05, 3.63) is 59.7 Å². The Morgan fingerprint density at radius 1 is 1.00 bits per heavy atom. The maximum atomic E-state index is 13.7. The second-order valence-corrected chi connectivity index (χ2v) is 9.77. The molecule has 1 fully saturated rings. The molecule has 0 aromatic heterocycles. The second-order valence-electron chi connectivity index (χ2n) is 9.77. The van der Waals surface area contributed by atoms with Crippen LogP contribution >= 0.6 is 0 Å². The lowest BCUT2D eigenvalue weighted by Gasteiger charge is -2.34. The fraction of sp³-hybridized carbons (Fsp3) is 0.517. The normalized spacial score (nSPS) is 14.8. The van der Waals surface area contributed by atoms with E-state index in [1.54, 1.807) is 0 Å². The molecule has 5 heteroatoms. The monoisotopic (exact) mass is 463 g/mol. The molecule has 1 aliphatic carbocycles. The van der Waals surface area contributed by atoms with Crippen LogP contribution in [0.25, 0.3) is 0 Å². The summed E-state index contributed by atoms with van der Waals surface area (Å²) in [7, 11) is 4.03. The minimum Gasteiger partial charge on any atom is -0.377 e. The molecule has 1 saturated carbocycles. The maximum absolute atomic E-state index is 13.7. The highest BCUT2D eigenvalue weighted by Crippen LogP contribution is 2.31. The third-order valence-corrected chi connectivity index (χ3v) is 7.26. The molecule has 1 aliphatic rings. The summed E-state index contributed by atoms with van der Waals surface area (Å²) in [5, 5.41) is 3.14. The lowest BCUT2D eigenvalue weighted by atomic mass is 9.98. The number of hydrogen-bond donors (Lipinski definition) is 1. The van der Waals surface area contributed by atoms with Gasteiger partial charge in [0.05, 0.1) is 6.04 Å². The highest BCUT2D eigenvalue weighted by molar-refractivity contribution is 5.93. The summed E-state index contributed by atoms with van der Waals surface area (Å²) < 4.78 is 0. The van der Waals surface area contributed by atoms with Crippen LogP contribution in [-0.4, -0.2) is 30.8 Å². The summed E-state index contributed by atoms with van der Waals surface area (Å²) in [5.74, 6) is 0.414. The number of rotatable bonds is 10. The molecule has 0 radical (unpaired) electrons. The van der Waals surface area contributed by atoms with E-state index in [4.69, 9.17) is 0 Å². The topological polar surface area (TPSA) is 52.7 Å². The van der Waals surface area contributed by atoms with Crippen molar-refractivity contribution >= 4 is 23.2 Å². The Morgan fingerprint density at radius 3 is 2.24 bits per heavy atom. The number of benzene rings is 2. The Kier molecular flexibility index (Phi) is 9.14. The molecular formula is C29H41N3O2. The van der Waals surface area contributed by atoms with Crippen LogP contribution < -0.4 is 10.2 Å². The number of nitrogens with one attached hydrogen (secondary N) is 1. The van der Waals surface area contributed by atoms with Gasteiger partial charge in [-0.05, 0) is 61.9 Å². The predicted octanol–water partition coefficient (Wildman–Crippen LogP) is 6.41. The summed E-state index contributed by atoms with van der Waals surface area (Å²) in [5.41, 5.74) is 4.02. The summed E-state index contributed by atoms with van der Waals surface area (Å²) in [6, 6.07) is 16.2. The van der Waals surface area contributed by atoms with Gasteiger partial charge in [-0.3, -0.25) is 9.59 Å². The molecular weight excluding hydrogens is 422 g/mol. The molecule has 2 aromatic rings. The molecule has 34 heavy (non-hydrogen) atoms. The molecule has 0 spiro atoms. The van der Waals surface area contributed by atoms with Crippen molar-refractivity contribution in [2.45, 2.75) is 71.9 Å². The van der Waals surface area contributed by atoms with E-state index >= 15 is 0 Å². The van der Waals surface area contributed by atoms with Crippen molar-refractivity contribution in [3.63, 3.8) is 0 Å². The van der Waals surface area contributed by atoms with Crippen molar-refractivity contribution < 1.29 is 9.59 Å². The molecule has 5 nitrogen and oxygen atoms in total. The van der Waals surface area contributed by atoms with E-state index in [0.29, 0.717) is 6.54 Å². The van der Waals surface area contributed by atoms with E-state index in [0.717, 1.165) is 61.0 Å². The summed E-state index contributed by atoms with van der Waals surface area (Å²) >= 11 is 0. The lowest BCUT2D eigenvalue weighted by molar-refractivity contribution is -0.138.